The van der Waals surface area contributed by atoms with Gasteiger partial charge < -0.3 is 14.8 Å². The van der Waals surface area contributed by atoms with E-state index in [1.165, 1.54) is 12.1 Å². The first-order chi connectivity index (χ1) is 12.0. The molecule has 130 valence electrons. The zero-order chi connectivity index (χ0) is 18.0. The summed E-state index contributed by atoms with van der Waals surface area (Å²) >= 11 is 6.03. The molecule has 0 amide bonds. The van der Waals surface area contributed by atoms with E-state index in [0.29, 0.717) is 41.2 Å². The molecule has 0 saturated heterocycles. The second-order valence-electron chi connectivity index (χ2n) is 5.78. The Morgan fingerprint density at radius 1 is 1.20 bits per heavy atom. The lowest BCUT2D eigenvalue weighted by molar-refractivity contribution is -0.686. The van der Waals surface area contributed by atoms with Crippen molar-refractivity contribution in [1.29, 1.82) is 0 Å². The highest BCUT2D eigenvalue weighted by atomic mass is 35.5. The van der Waals surface area contributed by atoms with Crippen molar-refractivity contribution < 1.29 is 19.2 Å². The standard InChI is InChI=1S/C19H17ClFNO3/c1-2-11-8-18(24)25-19-12(11)6-7-17(23)14(19)10-22-9-13-15(20)4-3-5-16(13)21/h3-8,22-23H,2,9-10H2,1H3/p+1. The third-order valence-corrected chi connectivity index (χ3v) is 4.57. The predicted molar refractivity (Wildman–Crippen MR) is 94.3 cm³/mol. The molecule has 0 saturated carbocycles. The van der Waals surface area contributed by atoms with Gasteiger partial charge in [-0.3, -0.25) is 0 Å². The predicted octanol–water partition coefficient (Wildman–Crippen LogP) is 3.12. The highest BCUT2D eigenvalue weighted by molar-refractivity contribution is 6.31. The van der Waals surface area contributed by atoms with Crippen LogP contribution >= 0.6 is 11.6 Å². The monoisotopic (exact) mass is 362 g/mol. The maximum atomic E-state index is 13.8. The molecule has 3 rings (SSSR count). The Bertz CT molecular complexity index is 964. The Morgan fingerprint density at radius 3 is 2.68 bits per heavy atom. The molecule has 2 aromatic carbocycles. The molecule has 0 bridgehead atoms. The van der Waals surface area contributed by atoms with Gasteiger partial charge in [0.25, 0.3) is 0 Å². The minimum absolute atomic E-state index is 0.0415. The van der Waals surface area contributed by atoms with Crippen LogP contribution < -0.4 is 10.9 Å². The third-order valence-electron chi connectivity index (χ3n) is 4.22. The van der Waals surface area contributed by atoms with E-state index in [4.69, 9.17) is 16.0 Å². The van der Waals surface area contributed by atoms with Gasteiger partial charge in [0.15, 0.2) is 5.58 Å². The van der Waals surface area contributed by atoms with E-state index in [2.05, 4.69) is 0 Å². The Balaban J connectivity index is 1.92. The number of phenolic OH excluding ortho intramolecular Hbond substituents is 1. The molecule has 0 unspecified atom stereocenters. The van der Waals surface area contributed by atoms with Crippen LogP contribution in [0.2, 0.25) is 5.02 Å². The van der Waals surface area contributed by atoms with Crippen LogP contribution in [0.25, 0.3) is 11.0 Å². The number of fused-ring (bicyclic) bond motifs is 1. The van der Waals surface area contributed by atoms with E-state index < -0.39 is 5.63 Å². The summed E-state index contributed by atoms with van der Waals surface area (Å²) in [5.74, 6) is -0.328. The highest BCUT2D eigenvalue weighted by Gasteiger charge is 2.15. The van der Waals surface area contributed by atoms with Crippen LogP contribution in [0.3, 0.4) is 0 Å². The van der Waals surface area contributed by atoms with Crippen LogP contribution in [0.4, 0.5) is 4.39 Å². The summed E-state index contributed by atoms with van der Waals surface area (Å²) in [4.78, 5) is 11.8. The Morgan fingerprint density at radius 2 is 1.96 bits per heavy atom. The molecular formula is C19H18ClFNO3+. The van der Waals surface area contributed by atoms with Gasteiger partial charge in [-0.25, -0.2) is 9.18 Å². The number of quaternary nitrogens is 1. The van der Waals surface area contributed by atoms with Gasteiger partial charge in [0.2, 0.25) is 0 Å². The van der Waals surface area contributed by atoms with Gasteiger partial charge >= 0.3 is 5.63 Å². The summed E-state index contributed by atoms with van der Waals surface area (Å²) in [6.07, 6.45) is 0.681. The van der Waals surface area contributed by atoms with Crippen LogP contribution in [0.5, 0.6) is 5.75 Å². The lowest BCUT2D eigenvalue weighted by Gasteiger charge is -2.10. The molecule has 1 aromatic heterocycles. The number of rotatable bonds is 5. The maximum absolute atomic E-state index is 13.8. The first kappa shape index (κ1) is 17.5. The molecule has 4 nitrogen and oxygen atoms in total. The van der Waals surface area contributed by atoms with Gasteiger partial charge in [-0.2, -0.15) is 0 Å². The van der Waals surface area contributed by atoms with Crippen LogP contribution in [-0.2, 0) is 19.5 Å². The Kier molecular flexibility index (Phi) is 5.06. The van der Waals surface area contributed by atoms with Gasteiger partial charge in [-0.05, 0) is 36.2 Å². The highest BCUT2D eigenvalue weighted by Crippen LogP contribution is 2.28. The summed E-state index contributed by atoms with van der Waals surface area (Å²) < 4.78 is 19.2. The van der Waals surface area contributed by atoms with Crippen molar-refractivity contribution >= 4 is 22.6 Å². The lowest BCUT2D eigenvalue weighted by atomic mass is 10.0. The zero-order valence-electron chi connectivity index (χ0n) is 13.7. The normalized spacial score (nSPS) is 11.2. The molecule has 6 heteroatoms. The fraction of sp³-hybridized carbons (Fsp3) is 0.211. The van der Waals surface area contributed by atoms with Crippen LogP contribution in [0.1, 0.15) is 23.6 Å². The van der Waals surface area contributed by atoms with E-state index in [1.807, 2.05) is 6.92 Å². The van der Waals surface area contributed by atoms with E-state index in [0.717, 1.165) is 10.9 Å². The lowest BCUT2D eigenvalue weighted by Crippen LogP contribution is -2.80. The first-order valence-corrected chi connectivity index (χ1v) is 8.41. The zero-order valence-corrected chi connectivity index (χ0v) is 14.4. The molecule has 0 atom stereocenters. The van der Waals surface area contributed by atoms with Crippen LogP contribution in [0.15, 0.2) is 45.6 Å². The molecule has 1 heterocycles. The molecule has 3 aromatic rings. The number of aromatic hydroxyl groups is 1. The molecule has 0 spiro atoms. The maximum Gasteiger partial charge on any atom is 0.336 e. The number of hydrogen-bond acceptors (Lipinski definition) is 3. The van der Waals surface area contributed by atoms with E-state index in [9.17, 15) is 14.3 Å². The molecule has 3 N–H and O–H groups in total. The average Bonchev–Trinajstić information content (AvgIpc) is 2.58. The van der Waals surface area contributed by atoms with Gasteiger partial charge in [0.05, 0.1) is 16.1 Å². The minimum atomic E-state index is -0.451. The van der Waals surface area contributed by atoms with E-state index in [-0.39, 0.29) is 11.6 Å². The summed E-state index contributed by atoms with van der Waals surface area (Å²) in [6.45, 7) is 2.58. The number of phenols is 1. The second-order valence-corrected chi connectivity index (χ2v) is 6.19. The number of aryl methyl sites for hydroxylation is 1. The van der Waals surface area contributed by atoms with Gasteiger partial charge in [-0.15, -0.1) is 0 Å². The minimum Gasteiger partial charge on any atom is -0.507 e. The number of halogens is 2. The van der Waals surface area contributed by atoms with E-state index in [1.54, 1.807) is 29.6 Å². The summed E-state index contributed by atoms with van der Waals surface area (Å²) in [5, 5.41) is 13.1. The summed E-state index contributed by atoms with van der Waals surface area (Å²) in [6, 6.07) is 9.34. The smallest absolute Gasteiger partial charge is 0.336 e. The summed E-state index contributed by atoms with van der Waals surface area (Å²) in [7, 11) is 0. The first-order valence-electron chi connectivity index (χ1n) is 8.03. The third kappa shape index (κ3) is 3.52. The largest absolute Gasteiger partial charge is 0.507 e. The molecule has 0 aliphatic rings. The SMILES string of the molecule is CCc1cc(=O)oc2c(C[NH2+]Cc3c(F)cccc3Cl)c(O)ccc12. The van der Waals surface area contributed by atoms with Crippen molar-refractivity contribution in [2.45, 2.75) is 26.4 Å². The van der Waals surface area contributed by atoms with Crippen molar-refractivity contribution in [2.24, 2.45) is 0 Å². The van der Waals surface area contributed by atoms with Crippen molar-refractivity contribution in [3.05, 3.63) is 74.3 Å². The van der Waals surface area contributed by atoms with Gasteiger partial charge in [-0.1, -0.05) is 24.6 Å². The van der Waals surface area contributed by atoms with E-state index >= 15 is 0 Å². The Labute approximate surface area is 148 Å². The Hall–Kier alpha value is -2.37. The van der Waals surface area contributed by atoms with Gasteiger partial charge in [0.1, 0.15) is 24.7 Å². The van der Waals surface area contributed by atoms with Gasteiger partial charge in [0, 0.05) is 11.5 Å². The molecule has 25 heavy (non-hydrogen) atoms. The number of nitrogens with two attached hydrogens (primary N) is 1. The molecule has 0 aliphatic carbocycles. The molecule has 0 fully saturated rings. The quantitative estimate of drug-likeness (QED) is 0.685. The van der Waals surface area contributed by atoms with Crippen molar-refractivity contribution in [3.8, 4) is 5.75 Å². The summed E-state index contributed by atoms with van der Waals surface area (Å²) in [5.41, 5.74) is 1.70. The number of hydrogen-bond donors (Lipinski definition) is 2. The average molecular weight is 363 g/mol. The topological polar surface area (TPSA) is 67.0 Å². The molecule has 0 aliphatic heterocycles. The fourth-order valence-electron chi connectivity index (χ4n) is 2.91. The number of benzene rings is 2. The van der Waals surface area contributed by atoms with Crippen LogP contribution in [0, 0.1) is 5.82 Å². The van der Waals surface area contributed by atoms with Crippen molar-refractivity contribution in [2.75, 3.05) is 0 Å². The van der Waals surface area contributed by atoms with Crippen molar-refractivity contribution in [1.82, 2.24) is 0 Å². The molecular weight excluding hydrogens is 345 g/mol. The fourth-order valence-corrected chi connectivity index (χ4v) is 3.16. The van der Waals surface area contributed by atoms with Crippen LogP contribution in [-0.4, -0.2) is 5.11 Å². The second kappa shape index (κ2) is 7.25. The molecule has 0 radical (unpaired) electrons. The van der Waals surface area contributed by atoms with Crippen molar-refractivity contribution in [3.63, 3.8) is 0 Å².